The number of esters is 1. The fraction of sp³-hybridized carbons (Fsp3) is 0.261. The molecule has 3 aromatic rings. The SMILES string of the molecule is COC(=O)C1C(=O)Nc2n[nH]cc2C1c1ccc(Oc2cc(C(F)(F)F)cc(C(F)(F)F)c2)c(OC)c1. The molecule has 37 heavy (non-hydrogen) atoms. The van der Waals surface area contributed by atoms with Crippen molar-refractivity contribution in [1.82, 2.24) is 10.2 Å². The summed E-state index contributed by atoms with van der Waals surface area (Å²) in [5.74, 6) is -4.57. The summed E-state index contributed by atoms with van der Waals surface area (Å²) in [6, 6.07) is 4.83. The Balaban J connectivity index is 1.76. The van der Waals surface area contributed by atoms with E-state index in [0.29, 0.717) is 23.3 Å². The van der Waals surface area contributed by atoms with Crippen LogP contribution < -0.4 is 14.8 Å². The number of hydrogen-bond acceptors (Lipinski definition) is 6. The standard InChI is InChI=1S/C23H17F6N3O5/c1-35-16-5-10(17-14-9-30-32-19(14)31-20(33)18(17)21(34)36-2)3-4-15(16)37-13-7-11(22(24,25)26)6-12(8-13)23(27,28)29/h3-9,17-18H,1-2H3,(H2,30,31,32,33). The molecule has 2 heterocycles. The van der Waals surface area contributed by atoms with Crippen LogP contribution in [0.25, 0.3) is 0 Å². The summed E-state index contributed by atoms with van der Waals surface area (Å²) in [7, 11) is 2.31. The average molecular weight is 529 g/mol. The number of ether oxygens (including phenoxy) is 3. The smallest absolute Gasteiger partial charge is 0.416 e. The summed E-state index contributed by atoms with van der Waals surface area (Å²) in [4.78, 5) is 25.0. The quantitative estimate of drug-likeness (QED) is 0.270. The van der Waals surface area contributed by atoms with E-state index in [4.69, 9.17) is 14.2 Å². The van der Waals surface area contributed by atoms with E-state index in [1.54, 1.807) is 0 Å². The zero-order valence-corrected chi connectivity index (χ0v) is 19.0. The average Bonchev–Trinajstić information content (AvgIpc) is 3.29. The lowest BCUT2D eigenvalue weighted by molar-refractivity contribution is -0.149. The van der Waals surface area contributed by atoms with Crippen LogP contribution in [0.5, 0.6) is 17.2 Å². The third-order valence-electron chi connectivity index (χ3n) is 5.65. The van der Waals surface area contributed by atoms with Gasteiger partial charge < -0.3 is 19.5 Å². The van der Waals surface area contributed by atoms with Crippen LogP contribution in [-0.4, -0.2) is 36.3 Å². The maximum absolute atomic E-state index is 13.2. The molecule has 2 unspecified atom stereocenters. The first-order valence-corrected chi connectivity index (χ1v) is 10.4. The molecule has 1 amide bonds. The van der Waals surface area contributed by atoms with Crippen molar-refractivity contribution in [2.75, 3.05) is 19.5 Å². The van der Waals surface area contributed by atoms with Gasteiger partial charge in [-0.25, -0.2) is 0 Å². The van der Waals surface area contributed by atoms with Gasteiger partial charge in [0.25, 0.3) is 0 Å². The highest BCUT2D eigenvalue weighted by atomic mass is 19.4. The number of aromatic nitrogens is 2. The summed E-state index contributed by atoms with van der Waals surface area (Å²) in [5, 5.41) is 9.01. The number of nitrogens with zero attached hydrogens (tertiary/aromatic N) is 1. The van der Waals surface area contributed by atoms with Crippen LogP contribution >= 0.6 is 0 Å². The number of alkyl halides is 6. The molecule has 1 aliphatic rings. The third-order valence-corrected chi connectivity index (χ3v) is 5.65. The predicted molar refractivity (Wildman–Crippen MR) is 114 cm³/mol. The number of nitrogens with one attached hydrogen (secondary N) is 2. The molecule has 2 N–H and O–H groups in total. The molecule has 0 aliphatic carbocycles. The van der Waals surface area contributed by atoms with Crippen LogP contribution in [0.15, 0.2) is 42.6 Å². The van der Waals surface area contributed by atoms with E-state index in [-0.39, 0.29) is 23.4 Å². The molecule has 0 spiro atoms. The zero-order chi connectivity index (χ0) is 27.1. The number of halogens is 6. The van der Waals surface area contributed by atoms with Gasteiger partial charge >= 0.3 is 18.3 Å². The van der Waals surface area contributed by atoms with E-state index in [1.165, 1.54) is 31.5 Å². The lowest BCUT2D eigenvalue weighted by atomic mass is 9.78. The summed E-state index contributed by atoms with van der Waals surface area (Å²) in [6.07, 6.45) is -8.65. The van der Waals surface area contributed by atoms with Crippen LogP contribution in [0, 0.1) is 5.92 Å². The van der Waals surface area contributed by atoms with Crippen LogP contribution in [0.3, 0.4) is 0 Å². The van der Waals surface area contributed by atoms with Crippen molar-refractivity contribution in [1.29, 1.82) is 0 Å². The molecular weight excluding hydrogens is 512 g/mol. The molecule has 1 aliphatic heterocycles. The zero-order valence-electron chi connectivity index (χ0n) is 19.0. The number of fused-ring (bicyclic) bond motifs is 1. The highest BCUT2D eigenvalue weighted by Crippen LogP contribution is 2.44. The number of methoxy groups -OCH3 is 2. The lowest BCUT2D eigenvalue weighted by Gasteiger charge is -2.29. The van der Waals surface area contributed by atoms with Crippen molar-refractivity contribution in [3.63, 3.8) is 0 Å². The molecular formula is C23H17F6N3O5. The van der Waals surface area contributed by atoms with Crippen molar-refractivity contribution < 1.29 is 50.1 Å². The Morgan fingerprint density at radius 2 is 1.59 bits per heavy atom. The first-order chi connectivity index (χ1) is 17.3. The molecule has 0 fully saturated rings. The summed E-state index contributed by atoms with van der Waals surface area (Å²) < 4.78 is 94.7. The topological polar surface area (TPSA) is 103 Å². The Bertz CT molecular complexity index is 1320. The monoisotopic (exact) mass is 529 g/mol. The van der Waals surface area contributed by atoms with Crippen molar-refractivity contribution in [2.24, 2.45) is 5.92 Å². The number of carbonyl (C=O) groups excluding carboxylic acids is 2. The van der Waals surface area contributed by atoms with Crippen LogP contribution in [0.2, 0.25) is 0 Å². The molecule has 0 bridgehead atoms. The molecule has 196 valence electrons. The normalized spacial score (nSPS) is 17.6. The van der Waals surface area contributed by atoms with E-state index in [9.17, 15) is 35.9 Å². The first kappa shape index (κ1) is 25.9. The van der Waals surface area contributed by atoms with Gasteiger partial charge in [0.05, 0.1) is 25.3 Å². The fourth-order valence-electron chi connectivity index (χ4n) is 3.98. The minimum absolute atomic E-state index is 0.0171. The number of rotatable bonds is 5. The summed E-state index contributed by atoms with van der Waals surface area (Å²) in [5.41, 5.74) is -2.31. The van der Waals surface area contributed by atoms with Gasteiger partial charge in [0.1, 0.15) is 11.7 Å². The number of carbonyl (C=O) groups is 2. The van der Waals surface area contributed by atoms with Gasteiger partial charge in [-0.3, -0.25) is 14.7 Å². The molecule has 2 atom stereocenters. The van der Waals surface area contributed by atoms with E-state index in [1.807, 2.05) is 0 Å². The number of anilines is 1. The highest BCUT2D eigenvalue weighted by Gasteiger charge is 2.44. The number of H-pyrrole nitrogens is 1. The Morgan fingerprint density at radius 3 is 2.16 bits per heavy atom. The van der Waals surface area contributed by atoms with Gasteiger partial charge in [0.15, 0.2) is 17.3 Å². The lowest BCUT2D eigenvalue weighted by Crippen LogP contribution is -2.39. The minimum Gasteiger partial charge on any atom is -0.493 e. The third kappa shape index (κ3) is 5.04. The minimum atomic E-state index is -5.06. The largest absolute Gasteiger partial charge is 0.493 e. The summed E-state index contributed by atoms with van der Waals surface area (Å²) >= 11 is 0. The second kappa shape index (κ2) is 9.33. The maximum atomic E-state index is 13.2. The van der Waals surface area contributed by atoms with Gasteiger partial charge in [0.2, 0.25) is 5.91 Å². The predicted octanol–water partition coefficient (Wildman–Crippen LogP) is 5.12. The van der Waals surface area contributed by atoms with Gasteiger partial charge in [-0.15, -0.1) is 0 Å². The molecule has 0 radical (unpaired) electrons. The molecule has 2 aromatic carbocycles. The number of aromatic amines is 1. The fourth-order valence-corrected chi connectivity index (χ4v) is 3.98. The first-order valence-electron chi connectivity index (χ1n) is 10.4. The number of benzene rings is 2. The van der Waals surface area contributed by atoms with E-state index >= 15 is 0 Å². The van der Waals surface area contributed by atoms with Crippen LogP contribution in [0.4, 0.5) is 32.2 Å². The van der Waals surface area contributed by atoms with Gasteiger partial charge in [0, 0.05) is 17.7 Å². The van der Waals surface area contributed by atoms with E-state index in [0.717, 1.165) is 7.11 Å². The summed E-state index contributed by atoms with van der Waals surface area (Å²) in [6.45, 7) is 0. The van der Waals surface area contributed by atoms with Crippen LogP contribution in [0.1, 0.15) is 28.2 Å². The van der Waals surface area contributed by atoms with E-state index < -0.39 is 52.9 Å². The van der Waals surface area contributed by atoms with Gasteiger partial charge in [-0.1, -0.05) is 6.07 Å². The van der Waals surface area contributed by atoms with Gasteiger partial charge in [-0.05, 0) is 35.9 Å². The molecule has 4 rings (SSSR count). The maximum Gasteiger partial charge on any atom is 0.416 e. The molecule has 0 saturated heterocycles. The van der Waals surface area contributed by atoms with Crippen molar-refractivity contribution in [3.05, 3.63) is 64.8 Å². The number of hydrogen-bond donors (Lipinski definition) is 2. The molecule has 0 saturated carbocycles. The van der Waals surface area contributed by atoms with E-state index in [2.05, 4.69) is 15.5 Å². The Morgan fingerprint density at radius 1 is 0.946 bits per heavy atom. The molecule has 8 nitrogen and oxygen atoms in total. The van der Waals surface area contributed by atoms with Crippen LogP contribution in [-0.2, 0) is 26.7 Å². The Labute approximate surface area is 204 Å². The van der Waals surface area contributed by atoms with Crippen molar-refractivity contribution in [3.8, 4) is 17.2 Å². The molecule has 14 heteroatoms. The number of amides is 1. The highest BCUT2D eigenvalue weighted by molar-refractivity contribution is 6.08. The second-order valence-electron chi connectivity index (χ2n) is 7.91. The van der Waals surface area contributed by atoms with Crippen molar-refractivity contribution in [2.45, 2.75) is 18.3 Å². The van der Waals surface area contributed by atoms with Crippen molar-refractivity contribution >= 4 is 17.7 Å². The Hall–Kier alpha value is -4.23. The molecule has 1 aromatic heterocycles. The second-order valence-corrected chi connectivity index (χ2v) is 7.91. The van der Waals surface area contributed by atoms with Gasteiger partial charge in [-0.2, -0.15) is 31.4 Å². The Kier molecular flexibility index (Phi) is 6.52.